The molecule has 1 saturated heterocycles. The summed E-state index contributed by atoms with van der Waals surface area (Å²) in [5, 5.41) is 3.06. The molecule has 0 bridgehead atoms. The van der Waals surface area contributed by atoms with Gasteiger partial charge in [0.2, 0.25) is 5.91 Å². The van der Waals surface area contributed by atoms with Crippen LogP contribution in [-0.4, -0.2) is 36.0 Å². The fourth-order valence-corrected chi connectivity index (χ4v) is 2.59. The van der Waals surface area contributed by atoms with Crippen molar-refractivity contribution in [1.29, 1.82) is 0 Å². The predicted molar refractivity (Wildman–Crippen MR) is 80.2 cm³/mol. The fourth-order valence-electron chi connectivity index (χ4n) is 2.59. The maximum absolute atomic E-state index is 12.1. The molecule has 0 aromatic rings. The minimum Gasteiger partial charge on any atom is -0.351 e. The Bertz CT molecular complexity index is 350. The van der Waals surface area contributed by atoms with E-state index in [4.69, 9.17) is 5.73 Å². The highest BCUT2D eigenvalue weighted by molar-refractivity contribution is 5.81. The van der Waals surface area contributed by atoms with E-state index >= 15 is 0 Å². The van der Waals surface area contributed by atoms with Crippen molar-refractivity contribution in [3.05, 3.63) is 0 Å². The van der Waals surface area contributed by atoms with Crippen LogP contribution in [0.25, 0.3) is 0 Å². The number of primary amides is 1. The Labute approximate surface area is 122 Å². The third-order valence-electron chi connectivity index (χ3n) is 3.83. The van der Waals surface area contributed by atoms with Gasteiger partial charge in [0.15, 0.2) is 0 Å². The predicted octanol–water partition coefficient (Wildman–Crippen LogP) is 2.11. The van der Waals surface area contributed by atoms with Crippen LogP contribution in [0.1, 0.15) is 53.4 Å². The first-order valence-electron chi connectivity index (χ1n) is 7.59. The van der Waals surface area contributed by atoms with Crippen LogP contribution in [0.3, 0.4) is 0 Å². The lowest BCUT2D eigenvalue weighted by atomic mass is 9.88. The van der Waals surface area contributed by atoms with Crippen molar-refractivity contribution in [2.24, 2.45) is 17.1 Å². The van der Waals surface area contributed by atoms with Gasteiger partial charge in [-0.25, -0.2) is 4.79 Å². The largest absolute Gasteiger partial charge is 0.351 e. The number of nitrogens with two attached hydrogens (primary N) is 1. The van der Waals surface area contributed by atoms with E-state index in [2.05, 4.69) is 12.2 Å². The summed E-state index contributed by atoms with van der Waals surface area (Å²) in [6.07, 6.45) is 4.32. The first-order valence-corrected chi connectivity index (χ1v) is 7.59. The number of nitrogens with zero attached hydrogens (tertiary/aromatic N) is 1. The van der Waals surface area contributed by atoms with E-state index in [0.29, 0.717) is 12.5 Å². The minimum atomic E-state index is -0.409. The molecule has 5 heteroatoms. The van der Waals surface area contributed by atoms with E-state index in [1.807, 2.05) is 20.8 Å². The van der Waals surface area contributed by atoms with Crippen molar-refractivity contribution in [3.8, 4) is 0 Å². The monoisotopic (exact) mass is 283 g/mol. The Kier molecular flexibility index (Phi) is 5.84. The van der Waals surface area contributed by atoms with Gasteiger partial charge in [0.25, 0.3) is 0 Å². The maximum Gasteiger partial charge on any atom is 0.314 e. The van der Waals surface area contributed by atoms with Gasteiger partial charge in [0.05, 0.1) is 0 Å². The van der Waals surface area contributed by atoms with Gasteiger partial charge in [-0.1, -0.05) is 40.5 Å². The lowest BCUT2D eigenvalue weighted by Gasteiger charge is -2.38. The van der Waals surface area contributed by atoms with Crippen LogP contribution in [0.5, 0.6) is 0 Å². The van der Waals surface area contributed by atoms with Gasteiger partial charge in [-0.3, -0.25) is 4.79 Å². The summed E-state index contributed by atoms with van der Waals surface area (Å²) in [6.45, 7) is 9.09. The first-order chi connectivity index (χ1) is 9.24. The van der Waals surface area contributed by atoms with E-state index in [0.717, 1.165) is 32.2 Å². The topological polar surface area (TPSA) is 75.4 Å². The van der Waals surface area contributed by atoms with Crippen molar-refractivity contribution < 1.29 is 9.59 Å². The van der Waals surface area contributed by atoms with Gasteiger partial charge in [-0.15, -0.1) is 0 Å². The third-order valence-corrected chi connectivity index (χ3v) is 3.83. The zero-order chi connectivity index (χ0) is 15.3. The molecule has 0 saturated carbocycles. The Balaban J connectivity index is 2.64. The Morgan fingerprint density at radius 2 is 1.95 bits per heavy atom. The molecule has 0 aromatic heterocycles. The number of urea groups is 1. The van der Waals surface area contributed by atoms with Gasteiger partial charge < -0.3 is 16.0 Å². The highest BCUT2D eigenvalue weighted by Crippen LogP contribution is 2.23. The smallest absolute Gasteiger partial charge is 0.314 e. The quantitative estimate of drug-likeness (QED) is 0.829. The second-order valence-electron chi connectivity index (χ2n) is 6.91. The average molecular weight is 283 g/mol. The molecule has 2 unspecified atom stereocenters. The maximum atomic E-state index is 12.1. The summed E-state index contributed by atoms with van der Waals surface area (Å²) in [4.78, 5) is 25.2. The van der Waals surface area contributed by atoms with E-state index in [1.165, 1.54) is 0 Å². The molecule has 1 aliphatic rings. The third kappa shape index (κ3) is 5.02. The average Bonchev–Trinajstić information content (AvgIpc) is 2.34. The van der Waals surface area contributed by atoms with Crippen LogP contribution in [0.4, 0.5) is 4.79 Å². The summed E-state index contributed by atoms with van der Waals surface area (Å²) in [6, 6.07) is -0.369. The van der Waals surface area contributed by atoms with Crippen LogP contribution >= 0.6 is 0 Å². The van der Waals surface area contributed by atoms with Gasteiger partial charge in [0.1, 0.15) is 0 Å². The zero-order valence-electron chi connectivity index (χ0n) is 13.2. The molecule has 0 aromatic carbocycles. The van der Waals surface area contributed by atoms with Crippen LogP contribution < -0.4 is 11.1 Å². The standard InChI is InChI=1S/C15H29N3O2/c1-5-6-7-11-8-12(10-18(9-11)14(16)20)17-13(19)15(2,3)4/h11-12H,5-10H2,1-4H3,(H2,16,20)(H,17,19). The number of hydrogen-bond acceptors (Lipinski definition) is 2. The summed E-state index contributed by atoms with van der Waals surface area (Å²) in [5.41, 5.74) is 5.00. The summed E-state index contributed by atoms with van der Waals surface area (Å²) in [7, 11) is 0. The highest BCUT2D eigenvalue weighted by Gasteiger charge is 2.31. The molecule has 1 fully saturated rings. The normalized spacial score (nSPS) is 23.5. The molecular formula is C15H29N3O2. The van der Waals surface area contributed by atoms with Gasteiger partial charge in [0, 0.05) is 24.5 Å². The first kappa shape index (κ1) is 16.8. The second-order valence-corrected chi connectivity index (χ2v) is 6.91. The molecule has 1 aliphatic heterocycles. The molecule has 3 amide bonds. The number of amides is 3. The van der Waals surface area contributed by atoms with E-state index in [9.17, 15) is 9.59 Å². The number of carbonyl (C=O) groups is 2. The molecule has 1 rings (SSSR count). The second kappa shape index (κ2) is 6.95. The van der Waals surface area contributed by atoms with Crippen molar-refractivity contribution >= 4 is 11.9 Å². The van der Waals surface area contributed by atoms with Crippen molar-refractivity contribution in [1.82, 2.24) is 10.2 Å². The summed E-state index contributed by atoms with van der Waals surface area (Å²) >= 11 is 0. The number of unbranched alkanes of at least 4 members (excludes halogenated alkanes) is 1. The molecule has 0 radical (unpaired) electrons. The lowest BCUT2D eigenvalue weighted by Crippen LogP contribution is -2.55. The van der Waals surface area contributed by atoms with E-state index in [-0.39, 0.29) is 18.0 Å². The molecular weight excluding hydrogens is 254 g/mol. The molecule has 20 heavy (non-hydrogen) atoms. The SMILES string of the molecule is CCCCC1CC(NC(=O)C(C)(C)C)CN(C(N)=O)C1. The Morgan fingerprint density at radius 3 is 2.45 bits per heavy atom. The number of nitrogens with one attached hydrogen (secondary N) is 1. The Morgan fingerprint density at radius 1 is 1.30 bits per heavy atom. The van der Waals surface area contributed by atoms with Crippen LogP contribution in [0.15, 0.2) is 0 Å². The summed E-state index contributed by atoms with van der Waals surface area (Å²) < 4.78 is 0. The highest BCUT2D eigenvalue weighted by atomic mass is 16.2. The van der Waals surface area contributed by atoms with E-state index < -0.39 is 5.41 Å². The molecule has 1 heterocycles. The lowest BCUT2D eigenvalue weighted by molar-refractivity contribution is -0.129. The van der Waals surface area contributed by atoms with Gasteiger partial charge >= 0.3 is 6.03 Å². The van der Waals surface area contributed by atoms with Gasteiger partial charge in [-0.2, -0.15) is 0 Å². The van der Waals surface area contributed by atoms with Crippen molar-refractivity contribution in [2.45, 2.75) is 59.4 Å². The zero-order valence-corrected chi connectivity index (χ0v) is 13.2. The van der Waals surface area contributed by atoms with Crippen LogP contribution in [-0.2, 0) is 4.79 Å². The molecule has 0 aliphatic carbocycles. The summed E-state index contributed by atoms with van der Waals surface area (Å²) in [5.74, 6) is 0.463. The Hall–Kier alpha value is -1.26. The number of rotatable bonds is 4. The molecule has 2 atom stereocenters. The van der Waals surface area contributed by atoms with Crippen molar-refractivity contribution in [3.63, 3.8) is 0 Å². The van der Waals surface area contributed by atoms with Crippen LogP contribution in [0, 0.1) is 11.3 Å². The molecule has 0 spiro atoms. The number of carbonyl (C=O) groups excluding carboxylic acids is 2. The van der Waals surface area contributed by atoms with Crippen LogP contribution in [0.2, 0.25) is 0 Å². The number of piperidine rings is 1. The molecule has 3 N–H and O–H groups in total. The molecule has 5 nitrogen and oxygen atoms in total. The molecule has 116 valence electrons. The fraction of sp³-hybridized carbons (Fsp3) is 0.867. The van der Waals surface area contributed by atoms with Crippen molar-refractivity contribution in [2.75, 3.05) is 13.1 Å². The van der Waals surface area contributed by atoms with E-state index in [1.54, 1.807) is 4.90 Å². The minimum absolute atomic E-state index is 0.0184. The number of hydrogen-bond donors (Lipinski definition) is 2. The van der Waals surface area contributed by atoms with Gasteiger partial charge in [-0.05, 0) is 18.8 Å². The number of likely N-dealkylation sites (tertiary alicyclic amines) is 1.